The van der Waals surface area contributed by atoms with Gasteiger partial charge in [-0.2, -0.15) is 0 Å². The van der Waals surface area contributed by atoms with E-state index in [9.17, 15) is 5.11 Å². The summed E-state index contributed by atoms with van der Waals surface area (Å²) >= 11 is 0. The molecule has 2 heteroatoms. The summed E-state index contributed by atoms with van der Waals surface area (Å²) in [7, 11) is 0. The third kappa shape index (κ3) is 1.88. The Morgan fingerprint density at radius 3 is 2.42 bits per heavy atom. The van der Waals surface area contributed by atoms with Gasteiger partial charge in [0.05, 0.1) is 6.04 Å². The minimum Gasteiger partial charge on any atom is -0.508 e. The monoisotopic (exact) mass is 253 g/mol. The smallest absolute Gasteiger partial charge is 0.121 e. The van der Waals surface area contributed by atoms with Crippen LogP contribution in [0.2, 0.25) is 0 Å². The molecule has 1 atom stereocenters. The second-order valence-corrected chi connectivity index (χ2v) is 6.15. The van der Waals surface area contributed by atoms with E-state index in [1.165, 1.54) is 16.8 Å². The molecule has 1 aliphatic rings. The molecule has 1 heterocycles. The van der Waals surface area contributed by atoms with Gasteiger partial charge >= 0.3 is 0 Å². The number of rotatable bonds is 1. The topological polar surface area (TPSA) is 32.3 Å². The van der Waals surface area contributed by atoms with Crippen LogP contribution in [-0.2, 0) is 5.41 Å². The summed E-state index contributed by atoms with van der Waals surface area (Å²) < 4.78 is 0. The van der Waals surface area contributed by atoms with Crippen molar-refractivity contribution in [2.75, 3.05) is 5.32 Å². The third-order valence-corrected chi connectivity index (χ3v) is 3.75. The lowest BCUT2D eigenvalue weighted by molar-refractivity contribution is 0.464. The van der Waals surface area contributed by atoms with Gasteiger partial charge in [0, 0.05) is 16.8 Å². The van der Waals surface area contributed by atoms with Crippen LogP contribution in [0.3, 0.4) is 0 Å². The summed E-state index contributed by atoms with van der Waals surface area (Å²) in [5, 5.41) is 13.5. The highest BCUT2D eigenvalue weighted by Crippen LogP contribution is 2.47. The van der Waals surface area contributed by atoms with Crippen molar-refractivity contribution in [1.82, 2.24) is 0 Å². The number of phenolic OH excluding ortho intramolecular Hbond substituents is 1. The van der Waals surface area contributed by atoms with E-state index >= 15 is 0 Å². The van der Waals surface area contributed by atoms with Gasteiger partial charge in [0.25, 0.3) is 0 Å². The summed E-state index contributed by atoms with van der Waals surface area (Å²) in [4.78, 5) is 0. The Bertz CT molecular complexity index is 625. The Morgan fingerprint density at radius 1 is 1.00 bits per heavy atom. The van der Waals surface area contributed by atoms with Crippen molar-refractivity contribution in [3.63, 3.8) is 0 Å². The molecule has 1 aliphatic heterocycles. The molecular weight excluding hydrogens is 234 g/mol. The number of fused-ring (bicyclic) bond motifs is 1. The molecule has 2 aromatic carbocycles. The molecule has 0 aromatic heterocycles. The van der Waals surface area contributed by atoms with E-state index in [0.29, 0.717) is 5.75 Å². The predicted molar refractivity (Wildman–Crippen MR) is 78.7 cm³/mol. The minimum atomic E-state index is 0.103. The summed E-state index contributed by atoms with van der Waals surface area (Å²) in [5.74, 6) is 0.356. The lowest BCUT2D eigenvalue weighted by atomic mass is 9.76. The average Bonchev–Trinajstić information content (AvgIpc) is 2.31. The summed E-state index contributed by atoms with van der Waals surface area (Å²) in [5.41, 5.74) is 4.90. The zero-order valence-corrected chi connectivity index (χ0v) is 11.6. The predicted octanol–water partition coefficient (Wildman–Crippen LogP) is 4.20. The standard InChI is InChI=1S/C17H19NO/c1-17(2,3)12-8-6-9-13-15(12)16(18-13)11-7-4-5-10-14(11)19/h4-10,16,18-19H,1-3H3. The highest BCUT2D eigenvalue weighted by atomic mass is 16.3. The molecule has 0 saturated heterocycles. The van der Waals surface area contributed by atoms with Gasteiger partial charge < -0.3 is 10.4 Å². The van der Waals surface area contributed by atoms with Gasteiger partial charge in [-0.1, -0.05) is 51.1 Å². The first kappa shape index (κ1) is 12.1. The largest absolute Gasteiger partial charge is 0.508 e. The number of nitrogens with one attached hydrogen (secondary N) is 1. The Labute approximate surface area is 114 Å². The van der Waals surface area contributed by atoms with Crippen molar-refractivity contribution in [3.05, 3.63) is 59.2 Å². The molecule has 19 heavy (non-hydrogen) atoms. The number of hydrogen-bond acceptors (Lipinski definition) is 2. The number of aromatic hydroxyl groups is 1. The molecule has 0 aliphatic carbocycles. The fraction of sp³-hybridized carbons (Fsp3) is 0.294. The van der Waals surface area contributed by atoms with Crippen molar-refractivity contribution < 1.29 is 5.11 Å². The lowest BCUT2D eigenvalue weighted by Gasteiger charge is -2.38. The van der Waals surface area contributed by atoms with Crippen LogP contribution in [0, 0.1) is 0 Å². The number of anilines is 1. The zero-order chi connectivity index (χ0) is 13.6. The van der Waals surface area contributed by atoms with Gasteiger partial charge in [0.1, 0.15) is 5.75 Å². The summed E-state index contributed by atoms with van der Waals surface area (Å²) in [6.07, 6.45) is 0. The molecule has 0 bridgehead atoms. The second kappa shape index (κ2) is 4.02. The SMILES string of the molecule is CC(C)(C)c1cccc2c1C(c1ccccc1O)N2. The van der Waals surface area contributed by atoms with E-state index < -0.39 is 0 Å². The maximum absolute atomic E-state index is 10.0. The fourth-order valence-electron chi connectivity index (χ4n) is 2.77. The number of para-hydroxylation sites is 1. The molecule has 0 spiro atoms. The highest BCUT2D eigenvalue weighted by molar-refractivity contribution is 5.71. The Morgan fingerprint density at radius 2 is 1.74 bits per heavy atom. The van der Waals surface area contributed by atoms with Gasteiger partial charge in [-0.3, -0.25) is 0 Å². The van der Waals surface area contributed by atoms with Gasteiger partial charge in [-0.25, -0.2) is 0 Å². The van der Waals surface area contributed by atoms with Crippen LogP contribution in [0.5, 0.6) is 5.75 Å². The Hall–Kier alpha value is -1.96. The lowest BCUT2D eigenvalue weighted by Crippen LogP contribution is -2.29. The first-order valence-electron chi connectivity index (χ1n) is 6.66. The van der Waals surface area contributed by atoms with Crippen LogP contribution in [0.4, 0.5) is 5.69 Å². The molecule has 0 saturated carbocycles. The van der Waals surface area contributed by atoms with Crippen molar-refractivity contribution in [2.24, 2.45) is 0 Å². The summed E-state index contributed by atoms with van der Waals surface area (Å²) in [6.45, 7) is 6.68. The first-order chi connectivity index (χ1) is 8.98. The Kier molecular flexibility index (Phi) is 2.56. The van der Waals surface area contributed by atoms with Crippen molar-refractivity contribution in [2.45, 2.75) is 32.2 Å². The minimum absolute atomic E-state index is 0.103. The molecule has 3 rings (SSSR count). The zero-order valence-electron chi connectivity index (χ0n) is 11.6. The third-order valence-electron chi connectivity index (χ3n) is 3.75. The van der Waals surface area contributed by atoms with E-state index in [4.69, 9.17) is 0 Å². The van der Waals surface area contributed by atoms with Crippen molar-refractivity contribution in [3.8, 4) is 5.75 Å². The highest BCUT2D eigenvalue weighted by Gasteiger charge is 2.34. The average molecular weight is 253 g/mol. The molecule has 2 nitrogen and oxygen atoms in total. The molecule has 98 valence electrons. The van der Waals surface area contributed by atoms with Crippen molar-refractivity contribution >= 4 is 5.69 Å². The van der Waals surface area contributed by atoms with E-state index in [2.05, 4.69) is 44.3 Å². The van der Waals surface area contributed by atoms with E-state index in [1.807, 2.05) is 18.2 Å². The molecule has 0 radical (unpaired) electrons. The summed E-state index contributed by atoms with van der Waals surface area (Å²) in [6, 6.07) is 14.0. The number of phenols is 1. The van der Waals surface area contributed by atoms with Gasteiger partial charge in [0.15, 0.2) is 0 Å². The molecular formula is C17H19NO. The number of hydrogen-bond donors (Lipinski definition) is 2. The van der Waals surface area contributed by atoms with E-state index in [0.717, 1.165) is 5.56 Å². The molecule has 2 N–H and O–H groups in total. The second-order valence-electron chi connectivity index (χ2n) is 6.15. The molecule has 1 unspecified atom stereocenters. The fourth-order valence-corrected chi connectivity index (χ4v) is 2.77. The van der Waals surface area contributed by atoms with Crippen LogP contribution in [-0.4, -0.2) is 5.11 Å². The maximum atomic E-state index is 10.0. The quantitative estimate of drug-likeness (QED) is 0.798. The van der Waals surface area contributed by atoms with Crippen molar-refractivity contribution in [1.29, 1.82) is 0 Å². The maximum Gasteiger partial charge on any atom is 0.121 e. The van der Waals surface area contributed by atoms with Crippen LogP contribution in [0.25, 0.3) is 0 Å². The Balaban J connectivity index is 2.11. The normalized spacial score (nSPS) is 17.3. The van der Waals surface area contributed by atoms with Gasteiger partial charge in [0.2, 0.25) is 0 Å². The van der Waals surface area contributed by atoms with Gasteiger partial charge in [-0.15, -0.1) is 0 Å². The van der Waals surface area contributed by atoms with Crippen LogP contribution >= 0.6 is 0 Å². The molecule has 0 amide bonds. The first-order valence-corrected chi connectivity index (χ1v) is 6.66. The molecule has 0 fully saturated rings. The number of benzene rings is 2. The van der Waals surface area contributed by atoms with E-state index in [-0.39, 0.29) is 11.5 Å². The van der Waals surface area contributed by atoms with Gasteiger partial charge in [-0.05, 0) is 23.1 Å². The van der Waals surface area contributed by atoms with Crippen LogP contribution < -0.4 is 5.32 Å². The van der Waals surface area contributed by atoms with Crippen LogP contribution in [0.15, 0.2) is 42.5 Å². The molecule has 2 aromatic rings. The van der Waals surface area contributed by atoms with Crippen LogP contribution in [0.1, 0.15) is 43.5 Å². The van der Waals surface area contributed by atoms with E-state index in [1.54, 1.807) is 6.07 Å².